The quantitative estimate of drug-likeness (QED) is 0.413. The number of rotatable bonds is 6. The third kappa shape index (κ3) is 5.75. The van der Waals surface area contributed by atoms with Gasteiger partial charge in [0.25, 0.3) is 15.9 Å². The average molecular weight is 541 g/mol. The number of sulfonamides is 1. The number of anilines is 1. The minimum atomic E-state index is -5.15. The summed E-state index contributed by atoms with van der Waals surface area (Å²) in [6.07, 6.45) is -4.70. The number of alkyl halides is 3. The van der Waals surface area contributed by atoms with Gasteiger partial charge >= 0.3 is 6.36 Å². The first kappa shape index (κ1) is 23.9. The van der Waals surface area contributed by atoms with Crippen LogP contribution in [0.5, 0.6) is 17.2 Å². The SMILES string of the molecule is O=C(NC1CCOC1)c1cc(OC(F)(F)F)cc(NS(=O)(=O)c2cc(Br)ccc2O)c1O. The zero-order chi connectivity index (χ0) is 23.7. The number of aromatic hydroxyl groups is 2. The van der Waals surface area contributed by atoms with Gasteiger partial charge in [-0.25, -0.2) is 8.42 Å². The molecule has 14 heteroatoms. The van der Waals surface area contributed by atoms with E-state index in [1.807, 2.05) is 4.72 Å². The standard InChI is InChI=1S/C18H16BrF3N2O7S/c19-9-1-2-14(25)15(5-9)32(28,29)24-13-7-11(31-18(20,21)22)6-12(16(13)26)17(27)23-10-3-4-30-8-10/h1-2,5-7,10,24-26H,3-4,8H2,(H,23,27). The Bertz CT molecular complexity index is 1140. The maximum atomic E-state index is 12.8. The van der Waals surface area contributed by atoms with Gasteiger partial charge in [0.05, 0.1) is 23.9 Å². The van der Waals surface area contributed by atoms with E-state index in [-0.39, 0.29) is 11.1 Å². The fourth-order valence-corrected chi connectivity index (χ4v) is 4.56. The van der Waals surface area contributed by atoms with E-state index in [9.17, 15) is 36.6 Å². The monoisotopic (exact) mass is 540 g/mol. The van der Waals surface area contributed by atoms with Crippen molar-refractivity contribution in [3.63, 3.8) is 0 Å². The largest absolute Gasteiger partial charge is 0.573 e. The van der Waals surface area contributed by atoms with Crippen LogP contribution in [0.15, 0.2) is 39.7 Å². The lowest BCUT2D eigenvalue weighted by Gasteiger charge is -2.17. The van der Waals surface area contributed by atoms with E-state index in [0.717, 1.165) is 12.1 Å². The van der Waals surface area contributed by atoms with E-state index >= 15 is 0 Å². The normalized spacial score (nSPS) is 16.6. The number of halogens is 4. The lowest BCUT2D eigenvalue weighted by molar-refractivity contribution is -0.274. The molecule has 1 amide bonds. The Morgan fingerprint density at radius 2 is 1.94 bits per heavy atom. The van der Waals surface area contributed by atoms with Crippen LogP contribution in [0.3, 0.4) is 0 Å². The number of hydrogen-bond acceptors (Lipinski definition) is 7. The summed E-state index contributed by atoms with van der Waals surface area (Å²) in [5.74, 6) is -3.49. The number of hydrogen-bond donors (Lipinski definition) is 4. The van der Waals surface area contributed by atoms with Crippen molar-refractivity contribution < 1.29 is 46.1 Å². The van der Waals surface area contributed by atoms with E-state index in [1.54, 1.807) is 0 Å². The maximum Gasteiger partial charge on any atom is 0.573 e. The van der Waals surface area contributed by atoms with Crippen LogP contribution in [0.2, 0.25) is 0 Å². The molecule has 0 radical (unpaired) electrons. The van der Waals surface area contributed by atoms with Gasteiger partial charge in [0.15, 0.2) is 5.75 Å². The Hall–Kier alpha value is -2.71. The second-order valence-electron chi connectivity index (χ2n) is 6.67. The Morgan fingerprint density at radius 1 is 1.22 bits per heavy atom. The number of amides is 1. The summed E-state index contributed by atoms with van der Waals surface area (Å²) >= 11 is 3.04. The zero-order valence-electron chi connectivity index (χ0n) is 15.9. The minimum Gasteiger partial charge on any atom is -0.507 e. The van der Waals surface area contributed by atoms with Gasteiger partial charge in [0.2, 0.25) is 0 Å². The van der Waals surface area contributed by atoms with Gasteiger partial charge in [-0.15, -0.1) is 13.2 Å². The molecule has 174 valence electrons. The summed E-state index contributed by atoms with van der Waals surface area (Å²) in [6, 6.07) is 4.22. The molecule has 0 spiro atoms. The highest BCUT2D eigenvalue weighted by atomic mass is 79.9. The van der Waals surface area contributed by atoms with E-state index in [4.69, 9.17) is 4.74 Å². The molecule has 0 aromatic heterocycles. The molecule has 1 atom stereocenters. The topological polar surface area (TPSA) is 134 Å². The van der Waals surface area contributed by atoms with Crippen LogP contribution in [0.4, 0.5) is 18.9 Å². The van der Waals surface area contributed by atoms with Crippen LogP contribution < -0.4 is 14.8 Å². The van der Waals surface area contributed by atoms with Gasteiger partial charge in [-0.1, -0.05) is 15.9 Å². The molecule has 2 aromatic carbocycles. The third-order valence-electron chi connectivity index (χ3n) is 4.28. The van der Waals surface area contributed by atoms with Crippen molar-refractivity contribution in [1.82, 2.24) is 5.32 Å². The molecular weight excluding hydrogens is 525 g/mol. The van der Waals surface area contributed by atoms with E-state index in [0.29, 0.717) is 25.2 Å². The molecule has 1 heterocycles. The molecule has 0 saturated carbocycles. The maximum absolute atomic E-state index is 12.8. The lowest BCUT2D eigenvalue weighted by atomic mass is 10.1. The molecule has 0 aliphatic carbocycles. The number of ether oxygens (including phenoxy) is 2. The molecule has 32 heavy (non-hydrogen) atoms. The van der Waals surface area contributed by atoms with E-state index in [2.05, 4.69) is 26.0 Å². The molecule has 1 aliphatic heterocycles. The Balaban J connectivity index is 2.02. The molecule has 2 aromatic rings. The van der Waals surface area contributed by atoms with Crippen LogP contribution in [-0.2, 0) is 14.8 Å². The number of phenolic OH excluding ortho intramolecular Hbond substituents is 2. The van der Waals surface area contributed by atoms with Crippen LogP contribution in [-0.4, -0.2) is 50.2 Å². The molecule has 9 nitrogen and oxygen atoms in total. The third-order valence-corrected chi connectivity index (χ3v) is 6.17. The molecule has 1 unspecified atom stereocenters. The molecule has 4 N–H and O–H groups in total. The first-order chi connectivity index (χ1) is 14.9. The predicted molar refractivity (Wildman–Crippen MR) is 108 cm³/mol. The molecule has 3 rings (SSSR count). The predicted octanol–water partition coefficient (Wildman–Crippen LogP) is 3.08. The van der Waals surface area contributed by atoms with Crippen LogP contribution in [0, 0.1) is 0 Å². The molecule has 1 aliphatic rings. The molecule has 0 bridgehead atoms. The van der Waals surface area contributed by atoms with E-state index in [1.165, 1.54) is 6.07 Å². The van der Waals surface area contributed by atoms with Gasteiger partial charge in [-0.3, -0.25) is 9.52 Å². The van der Waals surface area contributed by atoms with Gasteiger partial charge < -0.3 is 25.0 Å². The summed E-state index contributed by atoms with van der Waals surface area (Å²) in [4.78, 5) is 11.9. The lowest BCUT2D eigenvalue weighted by Crippen LogP contribution is -2.35. The van der Waals surface area contributed by atoms with Crippen LogP contribution in [0.25, 0.3) is 0 Å². The van der Waals surface area contributed by atoms with E-state index < -0.39 is 61.7 Å². The Morgan fingerprint density at radius 3 is 2.56 bits per heavy atom. The first-order valence-electron chi connectivity index (χ1n) is 8.88. The second-order valence-corrected chi connectivity index (χ2v) is 9.23. The fraction of sp³-hybridized carbons (Fsp3) is 0.278. The van der Waals surface area contributed by atoms with Crippen molar-refractivity contribution in [3.05, 3.63) is 40.4 Å². The fourth-order valence-electron chi connectivity index (χ4n) is 2.87. The second kappa shape index (κ2) is 9.03. The number of phenols is 2. The highest BCUT2D eigenvalue weighted by Crippen LogP contribution is 2.37. The Labute approximate surface area is 188 Å². The summed E-state index contributed by atoms with van der Waals surface area (Å²) in [5, 5.41) is 22.8. The highest BCUT2D eigenvalue weighted by molar-refractivity contribution is 9.10. The number of nitrogens with one attached hydrogen (secondary N) is 2. The molecule has 1 fully saturated rings. The van der Waals surface area contributed by atoms with Crippen molar-refractivity contribution in [2.45, 2.75) is 23.7 Å². The summed E-state index contributed by atoms with van der Waals surface area (Å²) in [6.45, 7) is 0.544. The van der Waals surface area contributed by atoms with Crippen molar-refractivity contribution in [2.24, 2.45) is 0 Å². The highest BCUT2D eigenvalue weighted by Gasteiger charge is 2.33. The Kier molecular flexibility index (Phi) is 6.76. The summed E-state index contributed by atoms with van der Waals surface area (Å²) in [5.41, 5.74) is -1.42. The van der Waals surface area contributed by atoms with Gasteiger partial charge in [0.1, 0.15) is 16.4 Å². The van der Waals surface area contributed by atoms with Crippen molar-refractivity contribution in [2.75, 3.05) is 17.9 Å². The summed E-state index contributed by atoms with van der Waals surface area (Å²) in [7, 11) is -4.59. The average Bonchev–Trinajstić information content (AvgIpc) is 3.17. The van der Waals surface area contributed by atoms with Crippen molar-refractivity contribution in [3.8, 4) is 17.2 Å². The van der Waals surface area contributed by atoms with Gasteiger partial charge in [-0.2, -0.15) is 0 Å². The van der Waals surface area contributed by atoms with Crippen molar-refractivity contribution in [1.29, 1.82) is 0 Å². The summed E-state index contributed by atoms with van der Waals surface area (Å²) < 4.78 is 74.7. The van der Waals surface area contributed by atoms with Gasteiger partial charge in [-0.05, 0) is 30.7 Å². The smallest absolute Gasteiger partial charge is 0.507 e. The van der Waals surface area contributed by atoms with Crippen molar-refractivity contribution >= 4 is 37.5 Å². The number of carbonyl (C=O) groups excluding carboxylic acids is 1. The molecule has 1 saturated heterocycles. The van der Waals surface area contributed by atoms with Gasteiger partial charge in [0, 0.05) is 17.1 Å². The number of carbonyl (C=O) groups is 1. The zero-order valence-corrected chi connectivity index (χ0v) is 18.3. The van der Waals surface area contributed by atoms with Crippen LogP contribution >= 0.6 is 15.9 Å². The minimum absolute atomic E-state index is 0.174. The number of benzene rings is 2. The molecular formula is C18H16BrF3N2O7S. The first-order valence-corrected chi connectivity index (χ1v) is 11.2. The van der Waals surface area contributed by atoms with Crippen LogP contribution in [0.1, 0.15) is 16.8 Å².